The van der Waals surface area contributed by atoms with Gasteiger partial charge in [0.2, 0.25) is 0 Å². The Morgan fingerprint density at radius 1 is 1.00 bits per heavy atom. The lowest BCUT2D eigenvalue weighted by molar-refractivity contribution is 0.102. The lowest BCUT2D eigenvalue weighted by atomic mass is 9.76. The minimum absolute atomic E-state index is 0. The molecule has 1 amide bonds. The second kappa shape index (κ2) is 11.6. The number of aromatic nitrogens is 2. The predicted molar refractivity (Wildman–Crippen MR) is 130 cm³/mol. The zero-order valence-electron chi connectivity index (χ0n) is 18.3. The topological polar surface area (TPSA) is 80.9 Å². The second-order valence-corrected chi connectivity index (χ2v) is 8.31. The molecular weight excluding hydrogens is 488 g/mol. The van der Waals surface area contributed by atoms with Crippen molar-refractivity contribution in [1.29, 1.82) is 0 Å². The van der Waals surface area contributed by atoms with Gasteiger partial charge < -0.3 is 11.1 Å². The molecule has 10 heteroatoms. The molecular formula is C24H25Cl2F3N4O. The van der Waals surface area contributed by atoms with Crippen molar-refractivity contribution in [3.05, 3.63) is 77.5 Å². The summed E-state index contributed by atoms with van der Waals surface area (Å²) in [4.78, 5) is 20.9. The Kier molecular flexibility index (Phi) is 9.44. The fraction of sp³-hybridized carbons (Fsp3) is 0.292. The minimum atomic E-state index is -0.966. The van der Waals surface area contributed by atoms with Crippen LogP contribution in [-0.2, 0) is 0 Å². The molecule has 2 aromatic heterocycles. The van der Waals surface area contributed by atoms with E-state index in [1.54, 1.807) is 12.4 Å². The van der Waals surface area contributed by atoms with E-state index < -0.39 is 34.6 Å². The molecule has 4 rings (SSSR count). The summed E-state index contributed by atoms with van der Waals surface area (Å²) in [5, 5.41) is 2.77. The average Bonchev–Trinajstić information content (AvgIpc) is 2.74. The molecule has 34 heavy (non-hydrogen) atoms. The Balaban J connectivity index is 0.00000204. The van der Waals surface area contributed by atoms with Crippen LogP contribution in [0.15, 0.2) is 48.8 Å². The smallest absolute Gasteiger partial charge is 0.274 e. The number of pyridine rings is 2. The lowest BCUT2D eigenvalue weighted by Crippen LogP contribution is -2.31. The third-order valence-corrected chi connectivity index (χ3v) is 5.80. The molecule has 3 aromatic rings. The van der Waals surface area contributed by atoms with E-state index in [1.807, 2.05) is 6.07 Å². The van der Waals surface area contributed by atoms with E-state index in [0.29, 0.717) is 11.6 Å². The molecule has 2 heterocycles. The number of hydrogen-bond donors (Lipinski definition) is 2. The van der Waals surface area contributed by atoms with Crippen LogP contribution in [0.25, 0.3) is 11.3 Å². The van der Waals surface area contributed by atoms with Gasteiger partial charge in [-0.3, -0.25) is 9.78 Å². The SMILES string of the molecule is C[C@@H]1C[C@H](N)C[C@H](c2ccncc2NC(=O)c2ccc(F)c(-c3c(F)cccc3F)n2)C1.Cl.Cl. The quantitative estimate of drug-likeness (QED) is 0.456. The van der Waals surface area contributed by atoms with Gasteiger partial charge in [0.05, 0.1) is 17.4 Å². The molecule has 1 fully saturated rings. The summed E-state index contributed by atoms with van der Waals surface area (Å²) in [6.45, 7) is 2.15. The molecule has 0 saturated heterocycles. The Morgan fingerprint density at radius 2 is 1.71 bits per heavy atom. The third-order valence-electron chi connectivity index (χ3n) is 5.80. The molecule has 1 aromatic carbocycles. The molecule has 1 aliphatic rings. The molecule has 182 valence electrons. The number of carbonyl (C=O) groups excluding carboxylic acids is 1. The van der Waals surface area contributed by atoms with E-state index in [9.17, 15) is 18.0 Å². The fourth-order valence-corrected chi connectivity index (χ4v) is 4.43. The molecule has 0 aliphatic heterocycles. The first-order valence-electron chi connectivity index (χ1n) is 10.4. The summed E-state index contributed by atoms with van der Waals surface area (Å²) >= 11 is 0. The number of nitrogens with two attached hydrogens (primary N) is 1. The first-order chi connectivity index (χ1) is 15.3. The third kappa shape index (κ3) is 5.87. The van der Waals surface area contributed by atoms with Crippen LogP contribution < -0.4 is 11.1 Å². The van der Waals surface area contributed by atoms with Crippen LogP contribution >= 0.6 is 24.8 Å². The number of nitrogens with zero attached hydrogens (tertiary/aromatic N) is 2. The van der Waals surface area contributed by atoms with Crippen LogP contribution in [0.5, 0.6) is 0 Å². The van der Waals surface area contributed by atoms with Crippen LogP contribution in [0.1, 0.15) is 48.2 Å². The van der Waals surface area contributed by atoms with Crippen molar-refractivity contribution in [1.82, 2.24) is 9.97 Å². The van der Waals surface area contributed by atoms with E-state index in [-0.39, 0.29) is 42.5 Å². The lowest BCUT2D eigenvalue weighted by Gasteiger charge is -2.32. The summed E-state index contributed by atoms with van der Waals surface area (Å²) in [6, 6.07) is 7.25. The van der Waals surface area contributed by atoms with Crippen molar-refractivity contribution in [2.45, 2.75) is 38.1 Å². The zero-order chi connectivity index (χ0) is 22.8. The van der Waals surface area contributed by atoms with Gasteiger partial charge >= 0.3 is 0 Å². The fourth-order valence-electron chi connectivity index (χ4n) is 4.43. The van der Waals surface area contributed by atoms with Crippen molar-refractivity contribution in [3.8, 4) is 11.3 Å². The number of nitrogens with one attached hydrogen (secondary N) is 1. The first-order valence-corrected chi connectivity index (χ1v) is 10.4. The van der Waals surface area contributed by atoms with Crippen molar-refractivity contribution in [2.75, 3.05) is 5.32 Å². The Labute approximate surface area is 208 Å². The van der Waals surface area contributed by atoms with Crippen LogP contribution in [0.4, 0.5) is 18.9 Å². The van der Waals surface area contributed by atoms with Gasteiger partial charge in [-0.15, -0.1) is 24.8 Å². The van der Waals surface area contributed by atoms with Crippen molar-refractivity contribution in [2.24, 2.45) is 11.7 Å². The van der Waals surface area contributed by atoms with Gasteiger partial charge in [0.25, 0.3) is 5.91 Å². The van der Waals surface area contributed by atoms with Crippen LogP contribution in [-0.4, -0.2) is 21.9 Å². The van der Waals surface area contributed by atoms with Crippen molar-refractivity contribution < 1.29 is 18.0 Å². The van der Waals surface area contributed by atoms with Crippen LogP contribution in [0.2, 0.25) is 0 Å². The van der Waals surface area contributed by atoms with Gasteiger partial charge in [-0.2, -0.15) is 0 Å². The summed E-state index contributed by atoms with van der Waals surface area (Å²) in [5.41, 5.74) is 6.26. The van der Waals surface area contributed by atoms with E-state index >= 15 is 0 Å². The van der Waals surface area contributed by atoms with Gasteiger partial charge in [0.1, 0.15) is 28.8 Å². The van der Waals surface area contributed by atoms with Crippen molar-refractivity contribution >= 4 is 36.4 Å². The Bertz CT molecular complexity index is 1130. The number of rotatable bonds is 4. The summed E-state index contributed by atoms with van der Waals surface area (Å²) in [6.07, 6.45) is 5.89. The average molecular weight is 513 g/mol. The minimum Gasteiger partial charge on any atom is -0.328 e. The molecule has 0 bridgehead atoms. The normalized spacial score (nSPS) is 19.5. The number of benzene rings is 1. The summed E-state index contributed by atoms with van der Waals surface area (Å²) in [7, 11) is 0. The predicted octanol–water partition coefficient (Wildman–Crippen LogP) is 5.89. The highest BCUT2D eigenvalue weighted by molar-refractivity contribution is 6.03. The number of carbonyl (C=O) groups is 1. The Morgan fingerprint density at radius 3 is 2.38 bits per heavy atom. The molecule has 3 N–H and O–H groups in total. The van der Waals surface area contributed by atoms with E-state index in [4.69, 9.17) is 5.73 Å². The van der Waals surface area contributed by atoms with Gasteiger partial charge in [-0.05, 0) is 67.0 Å². The molecule has 0 radical (unpaired) electrons. The van der Waals surface area contributed by atoms with Crippen LogP contribution in [0, 0.1) is 23.4 Å². The number of hydrogen-bond acceptors (Lipinski definition) is 4. The number of anilines is 1. The van der Waals surface area contributed by atoms with E-state index in [1.165, 1.54) is 12.1 Å². The maximum atomic E-state index is 14.3. The largest absolute Gasteiger partial charge is 0.328 e. The van der Waals surface area contributed by atoms with Gasteiger partial charge in [0.15, 0.2) is 0 Å². The first kappa shape index (κ1) is 27.6. The number of halogens is 5. The van der Waals surface area contributed by atoms with Crippen molar-refractivity contribution in [3.63, 3.8) is 0 Å². The summed E-state index contributed by atoms with van der Waals surface area (Å²) < 4.78 is 42.6. The molecule has 3 atom stereocenters. The van der Waals surface area contributed by atoms with Gasteiger partial charge in [0, 0.05) is 12.2 Å². The van der Waals surface area contributed by atoms with Crippen LogP contribution in [0.3, 0.4) is 0 Å². The maximum absolute atomic E-state index is 14.3. The van der Waals surface area contributed by atoms with Gasteiger partial charge in [-0.25, -0.2) is 18.2 Å². The van der Waals surface area contributed by atoms with E-state index in [0.717, 1.165) is 43.0 Å². The van der Waals surface area contributed by atoms with E-state index in [2.05, 4.69) is 22.2 Å². The second-order valence-electron chi connectivity index (χ2n) is 8.31. The summed E-state index contributed by atoms with van der Waals surface area (Å²) in [5.74, 6) is -2.88. The van der Waals surface area contributed by atoms with Gasteiger partial charge in [-0.1, -0.05) is 13.0 Å². The highest BCUT2D eigenvalue weighted by atomic mass is 35.5. The molecule has 0 spiro atoms. The molecule has 1 aliphatic carbocycles. The zero-order valence-corrected chi connectivity index (χ0v) is 19.9. The Hall–Kier alpha value is -2.68. The monoisotopic (exact) mass is 512 g/mol. The molecule has 1 saturated carbocycles. The highest BCUT2D eigenvalue weighted by Gasteiger charge is 2.28. The number of amides is 1. The standard InChI is InChI=1S/C24H23F3N4O.2ClH/c1-13-9-14(11-15(28)10-13)16-7-8-29-12-21(16)31-24(32)20-6-5-19(27)23(30-20)22-17(25)3-2-4-18(22)26;;/h2-8,12-15H,9-11,28H2,1H3,(H,31,32);2*1H/t13-,14+,15-;;/m0../s1. The highest BCUT2D eigenvalue weighted by Crippen LogP contribution is 2.38. The molecule has 5 nitrogen and oxygen atoms in total. The maximum Gasteiger partial charge on any atom is 0.274 e. The molecule has 0 unspecified atom stereocenters.